The number of nitrogens with zero attached hydrogens (tertiary/aromatic N) is 1. The minimum Gasteiger partial charge on any atom is -0.383 e. The van der Waals surface area contributed by atoms with Crippen molar-refractivity contribution in [2.75, 3.05) is 40.5 Å². The van der Waals surface area contributed by atoms with Crippen molar-refractivity contribution in [1.82, 2.24) is 4.90 Å². The van der Waals surface area contributed by atoms with E-state index in [4.69, 9.17) is 9.47 Å². The average molecular weight is 145 g/mol. The summed E-state index contributed by atoms with van der Waals surface area (Å²) in [6.07, 6.45) is 0. The molecule has 1 rings (SSSR count). The number of rotatable bonds is 4. The quantitative estimate of drug-likeness (QED) is 0.554. The number of likely N-dealkylation sites (N-methyl/N-ethyl adjacent to an activating group) is 1. The van der Waals surface area contributed by atoms with Gasteiger partial charge in [-0.15, -0.1) is 0 Å². The highest BCUT2D eigenvalue weighted by atomic mass is 16.5. The van der Waals surface area contributed by atoms with Crippen LogP contribution < -0.4 is 0 Å². The third kappa shape index (κ3) is 1.94. The lowest BCUT2D eigenvalue weighted by Gasteiger charge is -2.34. The molecule has 0 aromatic carbocycles. The van der Waals surface area contributed by atoms with Crippen LogP contribution in [-0.2, 0) is 9.47 Å². The van der Waals surface area contributed by atoms with Gasteiger partial charge in [0.05, 0.1) is 25.9 Å². The second kappa shape index (κ2) is 3.91. The van der Waals surface area contributed by atoms with Crippen LogP contribution in [0.3, 0.4) is 0 Å². The van der Waals surface area contributed by atoms with Gasteiger partial charge in [-0.05, 0) is 7.05 Å². The Hall–Kier alpha value is -0.120. The summed E-state index contributed by atoms with van der Waals surface area (Å²) in [6, 6.07) is 0.634. The Labute approximate surface area is 61.9 Å². The largest absolute Gasteiger partial charge is 0.383 e. The third-order valence-electron chi connectivity index (χ3n) is 1.89. The number of hydrogen-bond acceptors (Lipinski definition) is 3. The highest BCUT2D eigenvalue weighted by Gasteiger charge is 2.22. The zero-order valence-electron chi connectivity index (χ0n) is 6.67. The highest BCUT2D eigenvalue weighted by molar-refractivity contribution is 4.74. The lowest BCUT2D eigenvalue weighted by Crippen LogP contribution is -2.47. The summed E-state index contributed by atoms with van der Waals surface area (Å²) in [5, 5.41) is 0. The van der Waals surface area contributed by atoms with Crippen molar-refractivity contribution >= 4 is 0 Å². The number of methoxy groups -OCH3 is 1. The standard InChI is InChI=1S/C7H15NO2/c1-8(3-4-9-2)7-5-10-6-7/h7H,3-6H2,1-2H3. The molecule has 0 bridgehead atoms. The molecule has 1 saturated heterocycles. The van der Waals surface area contributed by atoms with E-state index in [1.54, 1.807) is 7.11 Å². The lowest BCUT2D eigenvalue weighted by atomic mass is 10.2. The smallest absolute Gasteiger partial charge is 0.0645 e. The van der Waals surface area contributed by atoms with E-state index in [9.17, 15) is 0 Å². The van der Waals surface area contributed by atoms with E-state index < -0.39 is 0 Å². The van der Waals surface area contributed by atoms with Gasteiger partial charge in [-0.3, -0.25) is 4.90 Å². The molecule has 0 aliphatic carbocycles. The summed E-state index contributed by atoms with van der Waals surface area (Å²) < 4.78 is 10.0. The van der Waals surface area contributed by atoms with Crippen LogP contribution in [0.2, 0.25) is 0 Å². The van der Waals surface area contributed by atoms with E-state index in [2.05, 4.69) is 11.9 Å². The van der Waals surface area contributed by atoms with E-state index in [-0.39, 0.29) is 0 Å². The maximum absolute atomic E-state index is 5.05. The Balaban J connectivity index is 2.02. The summed E-state index contributed by atoms with van der Waals surface area (Å²) in [5.74, 6) is 0. The van der Waals surface area contributed by atoms with Crippen LogP contribution in [-0.4, -0.2) is 51.5 Å². The Morgan fingerprint density at radius 1 is 1.60 bits per heavy atom. The minimum atomic E-state index is 0.634. The van der Waals surface area contributed by atoms with Crippen molar-refractivity contribution in [2.24, 2.45) is 0 Å². The summed E-state index contributed by atoms with van der Waals surface area (Å²) in [6.45, 7) is 3.60. The van der Waals surface area contributed by atoms with Crippen LogP contribution in [0.4, 0.5) is 0 Å². The zero-order valence-corrected chi connectivity index (χ0v) is 6.67. The van der Waals surface area contributed by atoms with E-state index in [1.165, 1.54) is 0 Å². The first-order chi connectivity index (χ1) is 4.84. The molecular weight excluding hydrogens is 130 g/mol. The third-order valence-corrected chi connectivity index (χ3v) is 1.89. The predicted molar refractivity (Wildman–Crippen MR) is 39.1 cm³/mol. The van der Waals surface area contributed by atoms with E-state index >= 15 is 0 Å². The fourth-order valence-corrected chi connectivity index (χ4v) is 0.896. The maximum Gasteiger partial charge on any atom is 0.0645 e. The fourth-order valence-electron chi connectivity index (χ4n) is 0.896. The van der Waals surface area contributed by atoms with Gasteiger partial charge in [0.25, 0.3) is 0 Å². The topological polar surface area (TPSA) is 21.7 Å². The second-order valence-corrected chi connectivity index (χ2v) is 2.66. The van der Waals surface area contributed by atoms with Gasteiger partial charge < -0.3 is 9.47 Å². The Morgan fingerprint density at radius 3 is 2.70 bits per heavy atom. The average Bonchev–Trinajstić information content (AvgIpc) is 1.79. The first-order valence-corrected chi connectivity index (χ1v) is 3.61. The minimum absolute atomic E-state index is 0.634. The van der Waals surface area contributed by atoms with Crippen LogP contribution >= 0.6 is 0 Å². The van der Waals surface area contributed by atoms with Gasteiger partial charge in [0.1, 0.15) is 0 Å². The number of ether oxygens (including phenoxy) is 2. The predicted octanol–water partition coefficient (Wildman–Crippen LogP) is -0.0366. The second-order valence-electron chi connectivity index (χ2n) is 2.66. The van der Waals surface area contributed by atoms with E-state index in [0.717, 1.165) is 26.4 Å². The Bertz CT molecular complexity index is 93.6. The summed E-state index contributed by atoms with van der Waals surface area (Å²) in [5.41, 5.74) is 0. The SMILES string of the molecule is COCCN(C)C1COC1. The van der Waals surface area contributed by atoms with Crippen LogP contribution in [0.25, 0.3) is 0 Å². The molecule has 60 valence electrons. The zero-order chi connectivity index (χ0) is 7.40. The van der Waals surface area contributed by atoms with Gasteiger partial charge in [-0.1, -0.05) is 0 Å². The normalized spacial score (nSPS) is 19.5. The Kier molecular flexibility index (Phi) is 3.12. The molecule has 0 radical (unpaired) electrons. The molecule has 0 aromatic rings. The van der Waals surface area contributed by atoms with Crippen molar-refractivity contribution in [3.63, 3.8) is 0 Å². The molecule has 0 aromatic heterocycles. The van der Waals surface area contributed by atoms with Gasteiger partial charge in [0.15, 0.2) is 0 Å². The van der Waals surface area contributed by atoms with Crippen molar-refractivity contribution in [1.29, 1.82) is 0 Å². The summed E-state index contributed by atoms with van der Waals surface area (Å²) in [7, 11) is 3.83. The maximum atomic E-state index is 5.05. The van der Waals surface area contributed by atoms with Crippen molar-refractivity contribution in [3.8, 4) is 0 Å². The summed E-state index contributed by atoms with van der Waals surface area (Å²) >= 11 is 0. The highest BCUT2D eigenvalue weighted by Crippen LogP contribution is 2.06. The molecule has 0 saturated carbocycles. The summed E-state index contributed by atoms with van der Waals surface area (Å²) in [4.78, 5) is 2.27. The van der Waals surface area contributed by atoms with Gasteiger partial charge in [-0.2, -0.15) is 0 Å². The molecule has 1 fully saturated rings. The van der Waals surface area contributed by atoms with Crippen molar-refractivity contribution in [2.45, 2.75) is 6.04 Å². The first kappa shape index (κ1) is 7.98. The van der Waals surface area contributed by atoms with E-state index in [1.807, 2.05) is 0 Å². The molecular formula is C7H15NO2. The molecule has 3 heteroatoms. The molecule has 0 unspecified atom stereocenters. The lowest BCUT2D eigenvalue weighted by molar-refractivity contribution is -0.0603. The first-order valence-electron chi connectivity index (χ1n) is 3.61. The van der Waals surface area contributed by atoms with Crippen LogP contribution in [0.1, 0.15) is 0 Å². The molecule has 10 heavy (non-hydrogen) atoms. The molecule has 1 heterocycles. The monoisotopic (exact) mass is 145 g/mol. The van der Waals surface area contributed by atoms with Crippen LogP contribution in [0.15, 0.2) is 0 Å². The molecule has 0 atom stereocenters. The van der Waals surface area contributed by atoms with Crippen LogP contribution in [0.5, 0.6) is 0 Å². The number of hydrogen-bond donors (Lipinski definition) is 0. The van der Waals surface area contributed by atoms with E-state index in [0.29, 0.717) is 6.04 Å². The van der Waals surface area contributed by atoms with Gasteiger partial charge >= 0.3 is 0 Å². The van der Waals surface area contributed by atoms with Gasteiger partial charge in [0, 0.05) is 13.7 Å². The molecule has 1 aliphatic rings. The van der Waals surface area contributed by atoms with Crippen molar-refractivity contribution in [3.05, 3.63) is 0 Å². The Morgan fingerprint density at radius 2 is 2.30 bits per heavy atom. The molecule has 3 nitrogen and oxygen atoms in total. The van der Waals surface area contributed by atoms with Crippen molar-refractivity contribution < 1.29 is 9.47 Å². The molecule has 0 N–H and O–H groups in total. The molecule has 0 amide bonds. The van der Waals surface area contributed by atoms with Gasteiger partial charge in [0.2, 0.25) is 0 Å². The molecule has 0 spiro atoms. The van der Waals surface area contributed by atoms with Crippen LogP contribution in [0, 0.1) is 0 Å². The fraction of sp³-hybridized carbons (Fsp3) is 1.00. The molecule has 1 aliphatic heterocycles. The van der Waals surface area contributed by atoms with Gasteiger partial charge in [-0.25, -0.2) is 0 Å².